The summed E-state index contributed by atoms with van der Waals surface area (Å²) in [6.07, 6.45) is 5.25. The fraction of sp³-hybridized carbons (Fsp3) is 0.684. The Bertz CT molecular complexity index is 595. The number of amides is 1. The fourth-order valence-corrected chi connectivity index (χ4v) is 3.42. The zero-order chi connectivity index (χ0) is 17.2. The first kappa shape index (κ1) is 17.1. The van der Waals surface area contributed by atoms with Gasteiger partial charge in [0.2, 0.25) is 0 Å². The van der Waals surface area contributed by atoms with Crippen molar-refractivity contribution in [1.29, 1.82) is 0 Å². The summed E-state index contributed by atoms with van der Waals surface area (Å²) >= 11 is 0. The second-order valence-electron chi connectivity index (χ2n) is 7.96. The van der Waals surface area contributed by atoms with Crippen LogP contribution in [0.25, 0.3) is 0 Å². The maximum Gasteiger partial charge on any atom is 0.410 e. The van der Waals surface area contributed by atoms with Crippen molar-refractivity contribution >= 4 is 11.9 Å². The Morgan fingerprint density at radius 1 is 1.42 bits per heavy atom. The molecular formula is C19H29N3O2. The molecule has 0 saturated carbocycles. The average Bonchev–Trinajstić information content (AvgIpc) is 3.00. The topological polar surface area (TPSA) is 54.5 Å². The summed E-state index contributed by atoms with van der Waals surface area (Å²) in [7, 11) is 0. The summed E-state index contributed by atoms with van der Waals surface area (Å²) in [6, 6.07) is 4.37. The van der Waals surface area contributed by atoms with E-state index in [4.69, 9.17) is 9.72 Å². The van der Waals surface area contributed by atoms with Crippen molar-refractivity contribution in [3.8, 4) is 0 Å². The maximum atomic E-state index is 12.1. The number of nitrogens with zero attached hydrogens (tertiary/aromatic N) is 2. The van der Waals surface area contributed by atoms with E-state index in [0.717, 1.165) is 56.8 Å². The number of aryl methyl sites for hydroxylation is 2. The number of hydrogen-bond donors (Lipinski definition) is 1. The molecular weight excluding hydrogens is 302 g/mol. The lowest BCUT2D eigenvalue weighted by Crippen LogP contribution is -2.35. The van der Waals surface area contributed by atoms with E-state index in [1.807, 2.05) is 25.7 Å². The van der Waals surface area contributed by atoms with Crippen LogP contribution in [-0.4, -0.2) is 41.2 Å². The number of pyridine rings is 1. The van der Waals surface area contributed by atoms with Crippen LogP contribution in [-0.2, 0) is 17.6 Å². The van der Waals surface area contributed by atoms with Crippen LogP contribution < -0.4 is 5.32 Å². The summed E-state index contributed by atoms with van der Waals surface area (Å²) in [4.78, 5) is 18.7. The third-order valence-electron chi connectivity index (χ3n) is 4.70. The van der Waals surface area contributed by atoms with Crippen molar-refractivity contribution in [3.05, 3.63) is 23.4 Å². The van der Waals surface area contributed by atoms with Crippen molar-refractivity contribution in [2.24, 2.45) is 5.92 Å². The van der Waals surface area contributed by atoms with Gasteiger partial charge in [-0.05, 0) is 70.4 Å². The standard InChI is InChI=1S/C19H29N3O2/c1-19(2,3)24-18(23)22-12-10-14(13-22)6-8-16-9-7-15-5-4-11-20-17(15)21-16/h7,9,14H,4-6,8,10-13H2,1-3H3,(H,20,21)/t14-/m1/s1. The number of rotatable bonds is 3. The second kappa shape index (κ2) is 6.99. The van der Waals surface area contributed by atoms with E-state index in [1.54, 1.807) is 0 Å². The van der Waals surface area contributed by atoms with Gasteiger partial charge < -0.3 is 15.0 Å². The molecule has 2 aliphatic rings. The number of fused-ring (bicyclic) bond motifs is 1. The highest BCUT2D eigenvalue weighted by molar-refractivity contribution is 5.68. The molecule has 1 aromatic heterocycles. The Morgan fingerprint density at radius 3 is 3.04 bits per heavy atom. The molecule has 1 amide bonds. The molecule has 1 N–H and O–H groups in total. The smallest absolute Gasteiger partial charge is 0.410 e. The van der Waals surface area contributed by atoms with Crippen LogP contribution >= 0.6 is 0 Å². The van der Waals surface area contributed by atoms with E-state index in [-0.39, 0.29) is 6.09 Å². The largest absolute Gasteiger partial charge is 0.444 e. The molecule has 1 fully saturated rings. The van der Waals surface area contributed by atoms with Gasteiger partial charge in [0.25, 0.3) is 0 Å². The molecule has 5 nitrogen and oxygen atoms in total. The van der Waals surface area contributed by atoms with Crippen molar-refractivity contribution in [2.45, 2.75) is 58.5 Å². The summed E-state index contributed by atoms with van der Waals surface area (Å²) in [5, 5.41) is 3.39. The summed E-state index contributed by atoms with van der Waals surface area (Å²) < 4.78 is 5.46. The zero-order valence-electron chi connectivity index (χ0n) is 15.1. The number of anilines is 1. The number of hydrogen-bond acceptors (Lipinski definition) is 4. The van der Waals surface area contributed by atoms with E-state index >= 15 is 0 Å². The van der Waals surface area contributed by atoms with Gasteiger partial charge in [0.15, 0.2) is 0 Å². The molecule has 24 heavy (non-hydrogen) atoms. The third-order valence-corrected chi connectivity index (χ3v) is 4.70. The molecule has 1 saturated heterocycles. The number of aromatic nitrogens is 1. The van der Waals surface area contributed by atoms with E-state index in [9.17, 15) is 4.79 Å². The van der Waals surface area contributed by atoms with Crippen LogP contribution in [0.15, 0.2) is 12.1 Å². The van der Waals surface area contributed by atoms with Gasteiger partial charge in [-0.1, -0.05) is 6.07 Å². The normalized spacial score (nSPS) is 20.5. The minimum Gasteiger partial charge on any atom is -0.444 e. The van der Waals surface area contributed by atoms with Gasteiger partial charge in [-0.15, -0.1) is 0 Å². The van der Waals surface area contributed by atoms with Crippen LogP contribution in [0.5, 0.6) is 0 Å². The van der Waals surface area contributed by atoms with Crippen LogP contribution in [0.4, 0.5) is 10.6 Å². The Labute approximate surface area is 144 Å². The first-order valence-electron chi connectivity index (χ1n) is 9.11. The lowest BCUT2D eigenvalue weighted by Gasteiger charge is -2.24. The van der Waals surface area contributed by atoms with Gasteiger partial charge in [0.05, 0.1) is 0 Å². The van der Waals surface area contributed by atoms with Crippen molar-refractivity contribution in [2.75, 3.05) is 25.0 Å². The predicted molar refractivity (Wildman–Crippen MR) is 95.3 cm³/mol. The van der Waals surface area contributed by atoms with Gasteiger partial charge in [0.1, 0.15) is 11.4 Å². The highest BCUT2D eigenvalue weighted by Crippen LogP contribution is 2.25. The van der Waals surface area contributed by atoms with Gasteiger partial charge in [-0.2, -0.15) is 0 Å². The minimum absolute atomic E-state index is 0.180. The Morgan fingerprint density at radius 2 is 2.25 bits per heavy atom. The molecule has 0 radical (unpaired) electrons. The molecule has 2 aliphatic heterocycles. The first-order valence-corrected chi connectivity index (χ1v) is 9.11. The first-order chi connectivity index (χ1) is 11.4. The third kappa shape index (κ3) is 4.40. The number of carbonyl (C=O) groups is 1. The summed E-state index contributed by atoms with van der Waals surface area (Å²) in [5.41, 5.74) is 2.07. The molecule has 0 aromatic carbocycles. The molecule has 0 aliphatic carbocycles. The molecule has 3 rings (SSSR count). The van der Waals surface area contributed by atoms with Crippen molar-refractivity contribution in [3.63, 3.8) is 0 Å². The molecule has 0 unspecified atom stereocenters. The molecule has 1 aromatic rings. The molecule has 132 valence electrons. The van der Waals surface area contributed by atoms with Crippen LogP contribution in [0.3, 0.4) is 0 Å². The predicted octanol–water partition coefficient (Wildman–Crippen LogP) is 3.63. The quantitative estimate of drug-likeness (QED) is 0.919. The van der Waals surface area contributed by atoms with Gasteiger partial charge >= 0.3 is 6.09 Å². The number of carbonyl (C=O) groups excluding carboxylic acids is 1. The average molecular weight is 331 g/mol. The van der Waals surface area contributed by atoms with E-state index in [0.29, 0.717) is 5.92 Å². The van der Waals surface area contributed by atoms with E-state index < -0.39 is 5.60 Å². The highest BCUT2D eigenvalue weighted by Gasteiger charge is 2.29. The van der Waals surface area contributed by atoms with Crippen LogP contribution in [0, 0.1) is 5.92 Å². The molecule has 1 atom stereocenters. The number of nitrogens with one attached hydrogen (secondary N) is 1. The lowest BCUT2D eigenvalue weighted by molar-refractivity contribution is 0.0287. The number of likely N-dealkylation sites (tertiary alicyclic amines) is 1. The van der Waals surface area contributed by atoms with Gasteiger partial charge in [-0.25, -0.2) is 9.78 Å². The number of ether oxygens (including phenoxy) is 1. The Kier molecular flexibility index (Phi) is 4.97. The molecule has 5 heteroatoms. The van der Waals surface area contributed by atoms with E-state index in [2.05, 4.69) is 17.4 Å². The van der Waals surface area contributed by atoms with Crippen LogP contribution in [0.2, 0.25) is 0 Å². The molecule has 0 bridgehead atoms. The second-order valence-corrected chi connectivity index (χ2v) is 7.96. The van der Waals surface area contributed by atoms with Crippen molar-refractivity contribution < 1.29 is 9.53 Å². The van der Waals surface area contributed by atoms with Gasteiger partial charge in [-0.3, -0.25) is 0 Å². The van der Waals surface area contributed by atoms with E-state index in [1.165, 1.54) is 12.0 Å². The summed E-state index contributed by atoms with van der Waals surface area (Å²) in [6.45, 7) is 8.37. The fourth-order valence-electron chi connectivity index (χ4n) is 3.42. The Balaban J connectivity index is 1.49. The SMILES string of the molecule is CC(C)(C)OC(=O)N1CC[C@@H](CCc2ccc3c(n2)NCCC3)C1. The molecule has 3 heterocycles. The molecule has 0 spiro atoms. The van der Waals surface area contributed by atoms with Gasteiger partial charge in [0, 0.05) is 25.3 Å². The lowest BCUT2D eigenvalue weighted by atomic mass is 10.00. The minimum atomic E-state index is -0.421. The van der Waals surface area contributed by atoms with Crippen LogP contribution in [0.1, 0.15) is 51.3 Å². The highest BCUT2D eigenvalue weighted by atomic mass is 16.6. The monoisotopic (exact) mass is 331 g/mol. The van der Waals surface area contributed by atoms with Crippen molar-refractivity contribution in [1.82, 2.24) is 9.88 Å². The zero-order valence-corrected chi connectivity index (χ0v) is 15.1. The maximum absolute atomic E-state index is 12.1. The summed E-state index contributed by atoms with van der Waals surface area (Å²) in [5.74, 6) is 1.61. The Hall–Kier alpha value is -1.78.